The zero-order valence-electron chi connectivity index (χ0n) is 18.7. The first-order valence-electron chi connectivity index (χ1n) is 10.8. The minimum atomic E-state index is 0.0176. The lowest BCUT2D eigenvalue weighted by atomic mass is 9.89. The van der Waals surface area contributed by atoms with Crippen molar-refractivity contribution in [3.05, 3.63) is 58.7 Å². The summed E-state index contributed by atoms with van der Waals surface area (Å²) in [6.07, 6.45) is 5.73. The topological polar surface area (TPSA) is 50.8 Å². The molecule has 0 unspecified atom stereocenters. The van der Waals surface area contributed by atoms with Gasteiger partial charge >= 0.3 is 0 Å². The van der Waals surface area contributed by atoms with Crippen LogP contribution in [0.4, 0.5) is 0 Å². The molecule has 1 aliphatic rings. The number of methoxy groups -OCH3 is 2. The zero-order valence-corrected chi connectivity index (χ0v) is 18.7. The highest BCUT2D eigenvalue weighted by molar-refractivity contribution is 5.78. The summed E-state index contributed by atoms with van der Waals surface area (Å²) in [6, 6.07) is 12.6. The Morgan fingerprint density at radius 3 is 2.50 bits per heavy atom. The molecule has 1 N–H and O–H groups in total. The van der Waals surface area contributed by atoms with Gasteiger partial charge in [-0.3, -0.25) is 9.69 Å². The summed E-state index contributed by atoms with van der Waals surface area (Å²) in [6.45, 7) is 3.23. The van der Waals surface area contributed by atoms with E-state index in [1.165, 1.54) is 36.0 Å². The number of nitrogens with one attached hydrogen (secondary N) is 1. The highest BCUT2D eigenvalue weighted by Crippen LogP contribution is 2.28. The number of fused-ring (bicyclic) bond motifs is 1. The van der Waals surface area contributed by atoms with Crippen molar-refractivity contribution in [1.29, 1.82) is 0 Å². The van der Waals surface area contributed by atoms with Crippen molar-refractivity contribution in [2.75, 3.05) is 34.4 Å². The van der Waals surface area contributed by atoms with Gasteiger partial charge in [0.15, 0.2) is 11.5 Å². The normalized spacial score (nSPS) is 14.2. The van der Waals surface area contributed by atoms with Crippen molar-refractivity contribution in [2.24, 2.45) is 0 Å². The second-order valence-corrected chi connectivity index (χ2v) is 8.20. The van der Waals surface area contributed by atoms with Gasteiger partial charge in [0.05, 0.1) is 26.8 Å². The first-order chi connectivity index (χ1) is 14.5. The molecule has 5 heteroatoms. The summed E-state index contributed by atoms with van der Waals surface area (Å²) in [5.74, 6) is 1.51. The average molecular weight is 411 g/mol. The average Bonchev–Trinajstić information content (AvgIpc) is 2.76. The molecule has 1 aliphatic carbocycles. The molecule has 0 bridgehead atoms. The Kier molecular flexibility index (Phi) is 7.75. The lowest BCUT2D eigenvalue weighted by molar-refractivity contribution is -0.122. The quantitative estimate of drug-likeness (QED) is 0.680. The van der Waals surface area contributed by atoms with Gasteiger partial charge in [-0.2, -0.15) is 0 Å². The van der Waals surface area contributed by atoms with Crippen molar-refractivity contribution >= 4 is 5.91 Å². The molecule has 3 rings (SSSR count). The Bertz CT molecular complexity index is 865. The molecule has 0 saturated heterocycles. The molecule has 0 fully saturated rings. The second-order valence-electron chi connectivity index (χ2n) is 8.20. The Labute approximate surface area is 180 Å². The number of hydrogen-bond acceptors (Lipinski definition) is 4. The molecule has 162 valence electrons. The van der Waals surface area contributed by atoms with Crippen molar-refractivity contribution in [3.8, 4) is 11.5 Å². The van der Waals surface area contributed by atoms with Crippen molar-refractivity contribution < 1.29 is 14.3 Å². The number of nitrogens with zero attached hydrogens (tertiary/aromatic N) is 1. The van der Waals surface area contributed by atoms with Crippen molar-refractivity contribution in [1.82, 2.24) is 10.2 Å². The Morgan fingerprint density at radius 2 is 1.77 bits per heavy atom. The molecule has 2 aromatic carbocycles. The number of carbonyl (C=O) groups excluding carboxylic acids is 1. The van der Waals surface area contributed by atoms with E-state index in [-0.39, 0.29) is 11.9 Å². The zero-order chi connectivity index (χ0) is 21.5. The molecule has 30 heavy (non-hydrogen) atoms. The van der Waals surface area contributed by atoms with Gasteiger partial charge in [-0.05, 0) is 80.5 Å². The number of benzene rings is 2. The van der Waals surface area contributed by atoms with E-state index in [2.05, 4.69) is 30.4 Å². The monoisotopic (exact) mass is 410 g/mol. The third kappa shape index (κ3) is 5.76. The van der Waals surface area contributed by atoms with E-state index in [1.807, 2.05) is 30.1 Å². The molecule has 0 radical (unpaired) electrons. The number of amides is 1. The molecule has 0 spiro atoms. The van der Waals surface area contributed by atoms with Crippen molar-refractivity contribution in [3.63, 3.8) is 0 Å². The molecule has 0 heterocycles. The lowest BCUT2D eigenvalue weighted by Gasteiger charge is -2.21. The van der Waals surface area contributed by atoms with Gasteiger partial charge < -0.3 is 14.8 Å². The van der Waals surface area contributed by atoms with E-state index < -0.39 is 0 Å². The lowest BCUT2D eigenvalue weighted by Crippen LogP contribution is -2.37. The fraction of sp³-hybridized carbons (Fsp3) is 0.480. The summed E-state index contributed by atoms with van der Waals surface area (Å²) in [4.78, 5) is 14.6. The van der Waals surface area contributed by atoms with Crippen LogP contribution in [0, 0.1) is 0 Å². The van der Waals surface area contributed by atoms with Crippen LogP contribution in [0.2, 0.25) is 0 Å². The van der Waals surface area contributed by atoms with Crippen LogP contribution in [-0.4, -0.2) is 45.2 Å². The Hall–Kier alpha value is -2.53. The maximum absolute atomic E-state index is 12.5. The smallest absolute Gasteiger partial charge is 0.234 e. The van der Waals surface area contributed by atoms with Gasteiger partial charge in [-0.1, -0.05) is 24.3 Å². The van der Waals surface area contributed by atoms with E-state index in [0.717, 1.165) is 36.4 Å². The van der Waals surface area contributed by atoms with Gasteiger partial charge in [0.25, 0.3) is 0 Å². The fourth-order valence-electron chi connectivity index (χ4n) is 4.07. The third-order valence-corrected chi connectivity index (χ3v) is 5.89. The van der Waals surface area contributed by atoms with E-state index in [9.17, 15) is 4.79 Å². The Balaban J connectivity index is 1.48. The summed E-state index contributed by atoms with van der Waals surface area (Å²) < 4.78 is 10.7. The predicted octanol–water partition coefficient (Wildman–Crippen LogP) is 3.93. The standard InChI is InChI=1S/C25H34N2O3/c1-18(21-11-10-20-7-5-6-8-22(20)16-21)26-25(28)17-27(2)14-13-19-9-12-23(29-3)24(15-19)30-4/h9-12,15-16,18H,5-8,13-14,17H2,1-4H3,(H,26,28)/t18-/m0/s1. The predicted molar refractivity (Wildman–Crippen MR) is 120 cm³/mol. The van der Waals surface area contributed by atoms with Crippen LogP contribution in [0.15, 0.2) is 36.4 Å². The number of ether oxygens (including phenoxy) is 2. The third-order valence-electron chi connectivity index (χ3n) is 5.89. The maximum Gasteiger partial charge on any atom is 0.234 e. The number of aryl methyl sites for hydroxylation is 2. The van der Waals surface area contributed by atoms with Crippen LogP contribution in [0.25, 0.3) is 0 Å². The van der Waals surface area contributed by atoms with Crippen LogP contribution in [0.5, 0.6) is 11.5 Å². The molecule has 2 aromatic rings. The number of carbonyl (C=O) groups is 1. The van der Waals surface area contributed by atoms with Crippen LogP contribution in [0.1, 0.15) is 48.1 Å². The van der Waals surface area contributed by atoms with E-state index >= 15 is 0 Å². The van der Waals surface area contributed by atoms with E-state index in [4.69, 9.17) is 9.47 Å². The van der Waals surface area contributed by atoms with E-state index in [1.54, 1.807) is 14.2 Å². The molecule has 5 nitrogen and oxygen atoms in total. The SMILES string of the molecule is COc1ccc(CCN(C)CC(=O)N[C@@H](C)c2ccc3c(c2)CCCC3)cc1OC. The first kappa shape index (κ1) is 22.2. The van der Waals surface area contributed by atoms with Crippen molar-refractivity contribution in [2.45, 2.75) is 45.1 Å². The molecule has 0 aromatic heterocycles. The highest BCUT2D eigenvalue weighted by Gasteiger charge is 2.15. The molecule has 0 aliphatic heterocycles. The molecular weight excluding hydrogens is 376 g/mol. The fourth-order valence-corrected chi connectivity index (χ4v) is 4.07. The number of rotatable bonds is 9. The van der Waals surface area contributed by atoms with Crippen LogP contribution >= 0.6 is 0 Å². The second kappa shape index (κ2) is 10.5. The van der Waals surface area contributed by atoms with Crippen LogP contribution < -0.4 is 14.8 Å². The molecule has 1 atom stereocenters. The highest BCUT2D eigenvalue weighted by atomic mass is 16.5. The van der Waals surface area contributed by atoms with Gasteiger partial charge in [-0.25, -0.2) is 0 Å². The molecular formula is C25H34N2O3. The summed E-state index contributed by atoms with van der Waals surface area (Å²) >= 11 is 0. The van der Waals surface area contributed by atoms with Gasteiger partial charge in [-0.15, -0.1) is 0 Å². The van der Waals surface area contributed by atoms with Crippen LogP contribution in [-0.2, 0) is 24.1 Å². The minimum Gasteiger partial charge on any atom is -0.493 e. The maximum atomic E-state index is 12.5. The van der Waals surface area contributed by atoms with Gasteiger partial charge in [0.1, 0.15) is 0 Å². The minimum absolute atomic E-state index is 0.0176. The van der Waals surface area contributed by atoms with Gasteiger partial charge in [0, 0.05) is 6.54 Å². The number of hydrogen-bond donors (Lipinski definition) is 1. The number of likely N-dealkylation sites (N-methyl/N-ethyl adjacent to an activating group) is 1. The van der Waals surface area contributed by atoms with Gasteiger partial charge in [0.2, 0.25) is 5.91 Å². The van der Waals surface area contributed by atoms with Crippen LogP contribution in [0.3, 0.4) is 0 Å². The summed E-state index contributed by atoms with van der Waals surface area (Å²) in [7, 11) is 5.25. The summed E-state index contributed by atoms with van der Waals surface area (Å²) in [5, 5.41) is 3.15. The molecule has 1 amide bonds. The van der Waals surface area contributed by atoms with E-state index in [0.29, 0.717) is 6.54 Å². The largest absolute Gasteiger partial charge is 0.493 e. The Morgan fingerprint density at radius 1 is 1.03 bits per heavy atom. The molecule has 0 saturated carbocycles. The summed E-state index contributed by atoms with van der Waals surface area (Å²) in [5.41, 5.74) is 5.27. The first-order valence-corrected chi connectivity index (χ1v) is 10.8.